The van der Waals surface area contributed by atoms with E-state index in [1.54, 1.807) is 12.1 Å². The Kier molecular flexibility index (Phi) is 5.10. The Morgan fingerprint density at radius 3 is 2.00 bits per heavy atom. The van der Waals surface area contributed by atoms with Crippen molar-refractivity contribution in [3.05, 3.63) is 42.7 Å². The fourth-order valence-corrected chi connectivity index (χ4v) is 3.44. The largest absolute Gasteiger partial charge is 0.465 e. The molecule has 2 rings (SSSR count). The molecule has 0 unspecified atom stereocenters. The normalized spacial score (nSPS) is 10.0. The molecule has 21 heavy (non-hydrogen) atoms. The number of nitrogens with one attached hydrogen (secondary N) is 2. The van der Waals surface area contributed by atoms with E-state index < -0.39 is 17.8 Å². The Balaban J connectivity index is 1.94. The molecule has 0 aliphatic carbocycles. The maximum absolute atomic E-state index is 11.8. The standard InChI is InChI=1S/C12H9BrN2O4S2/c1-19-12(18)8-3-2-6(20-8)10(16)14-15-11(17)7-4-5-9(13)21-7/h2-5H,1H3,(H,14,16)(H,15,17). The van der Waals surface area contributed by atoms with Crippen LogP contribution in [0.4, 0.5) is 0 Å². The molecule has 0 bridgehead atoms. The highest BCUT2D eigenvalue weighted by molar-refractivity contribution is 9.11. The molecule has 0 aliphatic rings. The van der Waals surface area contributed by atoms with Crippen LogP contribution in [0.2, 0.25) is 0 Å². The summed E-state index contributed by atoms with van der Waals surface area (Å²) in [6.07, 6.45) is 0. The molecule has 0 saturated carbocycles. The topological polar surface area (TPSA) is 84.5 Å². The van der Waals surface area contributed by atoms with Gasteiger partial charge in [-0.25, -0.2) is 4.79 Å². The summed E-state index contributed by atoms with van der Waals surface area (Å²) in [4.78, 5) is 35.9. The van der Waals surface area contributed by atoms with Crippen LogP contribution in [-0.4, -0.2) is 24.9 Å². The second-order valence-corrected chi connectivity index (χ2v) is 7.21. The maximum atomic E-state index is 11.8. The Hall–Kier alpha value is -1.71. The summed E-state index contributed by atoms with van der Waals surface area (Å²) in [6.45, 7) is 0. The molecule has 2 aromatic rings. The zero-order valence-corrected chi connectivity index (χ0v) is 13.9. The molecule has 0 aliphatic heterocycles. The molecule has 0 saturated heterocycles. The van der Waals surface area contributed by atoms with Gasteiger partial charge in [0.15, 0.2) is 0 Å². The summed E-state index contributed by atoms with van der Waals surface area (Å²) in [5.74, 6) is -1.42. The first kappa shape index (κ1) is 15.7. The number of carbonyl (C=O) groups is 3. The van der Waals surface area contributed by atoms with E-state index in [-0.39, 0.29) is 0 Å². The fraction of sp³-hybridized carbons (Fsp3) is 0.0833. The summed E-state index contributed by atoms with van der Waals surface area (Å²) < 4.78 is 5.37. The van der Waals surface area contributed by atoms with Crippen LogP contribution in [0.25, 0.3) is 0 Å². The summed E-state index contributed by atoms with van der Waals surface area (Å²) in [7, 11) is 1.27. The minimum absolute atomic E-state index is 0.295. The van der Waals surface area contributed by atoms with E-state index in [1.807, 2.05) is 0 Å². The zero-order valence-electron chi connectivity index (χ0n) is 10.6. The Morgan fingerprint density at radius 2 is 1.48 bits per heavy atom. The molecule has 2 aromatic heterocycles. The molecule has 0 atom stereocenters. The third kappa shape index (κ3) is 3.90. The molecule has 9 heteroatoms. The molecule has 0 radical (unpaired) electrons. The van der Waals surface area contributed by atoms with Crippen LogP contribution in [0.1, 0.15) is 29.0 Å². The van der Waals surface area contributed by atoms with Crippen molar-refractivity contribution in [1.82, 2.24) is 10.9 Å². The van der Waals surface area contributed by atoms with Crippen LogP contribution in [-0.2, 0) is 4.74 Å². The molecule has 2 heterocycles. The lowest BCUT2D eigenvalue weighted by Gasteiger charge is -2.04. The number of hydrazine groups is 1. The van der Waals surface area contributed by atoms with Gasteiger partial charge in [0.25, 0.3) is 11.8 Å². The number of hydrogen-bond donors (Lipinski definition) is 2. The Bertz CT molecular complexity index is 695. The van der Waals surface area contributed by atoms with Crippen LogP contribution >= 0.6 is 38.6 Å². The van der Waals surface area contributed by atoms with Crippen molar-refractivity contribution in [1.29, 1.82) is 0 Å². The highest BCUT2D eigenvalue weighted by atomic mass is 79.9. The minimum atomic E-state index is -0.508. The second kappa shape index (κ2) is 6.83. The van der Waals surface area contributed by atoms with Gasteiger partial charge in [-0.05, 0) is 40.2 Å². The van der Waals surface area contributed by atoms with Gasteiger partial charge in [-0.3, -0.25) is 20.4 Å². The number of methoxy groups -OCH3 is 1. The van der Waals surface area contributed by atoms with Crippen LogP contribution in [0, 0.1) is 0 Å². The van der Waals surface area contributed by atoms with E-state index in [4.69, 9.17) is 0 Å². The summed E-state index contributed by atoms with van der Waals surface area (Å²) >= 11 is 5.48. The third-order valence-corrected chi connectivity index (χ3v) is 4.99. The minimum Gasteiger partial charge on any atom is -0.465 e. The quantitative estimate of drug-likeness (QED) is 0.624. The smallest absolute Gasteiger partial charge is 0.348 e. The zero-order chi connectivity index (χ0) is 15.4. The number of hydrogen-bond acceptors (Lipinski definition) is 6. The van der Waals surface area contributed by atoms with Crippen LogP contribution < -0.4 is 10.9 Å². The summed E-state index contributed by atoms with van der Waals surface area (Å²) in [5, 5.41) is 0. The Labute approximate surface area is 136 Å². The van der Waals surface area contributed by atoms with Crippen molar-refractivity contribution in [3.63, 3.8) is 0 Å². The van der Waals surface area contributed by atoms with Crippen LogP contribution in [0.3, 0.4) is 0 Å². The van der Waals surface area contributed by atoms with E-state index in [1.165, 1.54) is 30.6 Å². The number of halogens is 1. The summed E-state index contributed by atoms with van der Waals surface area (Å²) in [5.41, 5.74) is 4.59. The van der Waals surface area contributed by atoms with E-state index in [0.29, 0.717) is 14.6 Å². The highest BCUT2D eigenvalue weighted by Crippen LogP contribution is 2.21. The molecule has 110 valence electrons. The molecular formula is C12H9BrN2O4S2. The summed E-state index contributed by atoms with van der Waals surface area (Å²) in [6, 6.07) is 6.35. The van der Waals surface area contributed by atoms with E-state index >= 15 is 0 Å². The van der Waals surface area contributed by atoms with Gasteiger partial charge in [0.05, 0.1) is 20.7 Å². The average Bonchev–Trinajstić information content (AvgIpc) is 3.12. The number of rotatable bonds is 3. The van der Waals surface area contributed by atoms with Gasteiger partial charge in [0, 0.05) is 0 Å². The maximum Gasteiger partial charge on any atom is 0.348 e. The van der Waals surface area contributed by atoms with Gasteiger partial charge < -0.3 is 4.74 Å². The number of ether oxygens (including phenoxy) is 1. The molecule has 2 N–H and O–H groups in total. The molecular weight excluding hydrogens is 380 g/mol. The van der Waals surface area contributed by atoms with E-state index in [9.17, 15) is 14.4 Å². The van der Waals surface area contributed by atoms with Crippen LogP contribution in [0.5, 0.6) is 0 Å². The second-order valence-electron chi connectivity index (χ2n) is 3.67. The molecule has 2 amide bonds. The van der Waals surface area contributed by atoms with Crippen molar-refractivity contribution in [2.45, 2.75) is 0 Å². The Morgan fingerprint density at radius 1 is 0.952 bits per heavy atom. The molecule has 0 aromatic carbocycles. The predicted octanol–water partition coefficient (Wildman–Crippen LogP) is 2.43. The lowest BCUT2D eigenvalue weighted by atomic mass is 10.4. The van der Waals surface area contributed by atoms with Crippen molar-refractivity contribution >= 4 is 56.4 Å². The number of amides is 2. The predicted molar refractivity (Wildman–Crippen MR) is 82.6 cm³/mol. The van der Waals surface area contributed by atoms with Crippen LogP contribution in [0.15, 0.2) is 28.1 Å². The number of carbonyl (C=O) groups excluding carboxylic acids is 3. The van der Waals surface area contributed by atoms with E-state index in [2.05, 4.69) is 31.5 Å². The van der Waals surface area contributed by atoms with Gasteiger partial charge in [-0.15, -0.1) is 22.7 Å². The van der Waals surface area contributed by atoms with Crippen molar-refractivity contribution in [3.8, 4) is 0 Å². The van der Waals surface area contributed by atoms with Gasteiger partial charge in [0.2, 0.25) is 0 Å². The lowest BCUT2D eigenvalue weighted by molar-refractivity contribution is 0.0606. The first-order valence-corrected chi connectivity index (χ1v) is 7.98. The SMILES string of the molecule is COC(=O)c1ccc(C(=O)NNC(=O)c2ccc(Br)s2)s1. The lowest BCUT2D eigenvalue weighted by Crippen LogP contribution is -2.41. The highest BCUT2D eigenvalue weighted by Gasteiger charge is 2.15. The molecule has 0 fully saturated rings. The van der Waals surface area contributed by atoms with Crippen molar-refractivity contribution in [2.75, 3.05) is 7.11 Å². The van der Waals surface area contributed by atoms with Crippen molar-refractivity contribution < 1.29 is 19.1 Å². The van der Waals surface area contributed by atoms with Gasteiger partial charge in [0.1, 0.15) is 4.88 Å². The van der Waals surface area contributed by atoms with Gasteiger partial charge in [-0.2, -0.15) is 0 Å². The van der Waals surface area contributed by atoms with Gasteiger partial charge in [-0.1, -0.05) is 0 Å². The monoisotopic (exact) mass is 388 g/mol. The fourth-order valence-electron chi connectivity index (χ4n) is 1.34. The van der Waals surface area contributed by atoms with Crippen molar-refractivity contribution in [2.24, 2.45) is 0 Å². The van der Waals surface area contributed by atoms with E-state index in [0.717, 1.165) is 15.1 Å². The number of thiophene rings is 2. The van der Waals surface area contributed by atoms with Gasteiger partial charge >= 0.3 is 5.97 Å². The first-order chi connectivity index (χ1) is 10.0. The third-order valence-electron chi connectivity index (χ3n) is 2.30. The average molecular weight is 389 g/mol. The molecule has 6 nitrogen and oxygen atoms in total. The number of esters is 1. The molecule has 0 spiro atoms. The first-order valence-electron chi connectivity index (χ1n) is 5.55.